The Hall–Kier alpha value is -0.970. The van der Waals surface area contributed by atoms with Crippen LogP contribution in [0.3, 0.4) is 0 Å². The second kappa shape index (κ2) is 8.15. The summed E-state index contributed by atoms with van der Waals surface area (Å²) in [5.74, 6) is 2.31. The lowest BCUT2D eigenvalue weighted by molar-refractivity contribution is 0.0967. The monoisotopic (exact) mass is 346 g/mol. The molecule has 25 heavy (non-hydrogen) atoms. The average molecular weight is 346 g/mol. The Kier molecular flexibility index (Phi) is 5.69. The molecule has 3 fully saturated rings. The van der Waals surface area contributed by atoms with Crippen molar-refractivity contribution >= 4 is 0 Å². The summed E-state index contributed by atoms with van der Waals surface area (Å²) in [6.07, 6.45) is 5.34. The maximum atomic E-state index is 13.0. The van der Waals surface area contributed by atoms with E-state index in [9.17, 15) is 4.39 Å². The topological polar surface area (TPSA) is 15.7 Å². The first kappa shape index (κ1) is 17.4. The van der Waals surface area contributed by atoms with Crippen LogP contribution < -0.4 is 0 Å². The van der Waals surface area contributed by atoms with Crippen LogP contribution in [0.4, 0.5) is 4.39 Å². The highest BCUT2D eigenvalue weighted by atomic mass is 19.1. The van der Waals surface area contributed by atoms with Crippen LogP contribution in [0.2, 0.25) is 0 Å². The molecule has 1 aliphatic carbocycles. The Balaban J connectivity index is 1.07. The van der Waals surface area contributed by atoms with Gasteiger partial charge in [0.2, 0.25) is 0 Å². The van der Waals surface area contributed by atoms with Gasteiger partial charge in [0.15, 0.2) is 0 Å². The molecule has 0 radical (unpaired) electrons. The lowest BCUT2D eigenvalue weighted by atomic mass is 10.1. The Bertz CT molecular complexity index is 531. The fourth-order valence-electron chi connectivity index (χ4n) is 4.75. The predicted octanol–water partition coefficient (Wildman–Crippen LogP) is 3.40. The highest BCUT2D eigenvalue weighted by molar-refractivity contribution is 5.17. The maximum absolute atomic E-state index is 13.0. The summed E-state index contributed by atoms with van der Waals surface area (Å²) in [5.41, 5.74) is 1.22. The minimum atomic E-state index is -0.148. The van der Waals surface area contributed by atoms with Crippen LogP contribution in [0.25, 0.3) is 0 Å². The van der Waals surface area contributed by atoms with Crippen LogP contribution in [0.1, 0.15) is 31.2 Å². The molecule has 1 saturated carbocycles. The van der Waals surface area contributed by atoms with Gasteiger partial charge in [-0.05, 0) is 67.8 Å². The third-order valence-electron chi connectivity index (χ3n) is 6.29. The molecule has 2 heterocycles. The zero-order valence-electron chi connectivity index (χ0n) is 15.2. The molecule has 4 rings (SSSR count). The summed E-state index contributed by atoms with van der Waals surface area (Å²) in [7, 11) is 0. The van der Waals surface area contributed by atoms with Crippen molar-refractivity contribution in [1.29, 1.82) is 0 Å². The second-order valence-corrected chi connectivity index (χ2v) is 8.14. The van der Waals surface area contributed by atoms with Gasteiger partial charge in [0, 0.05) is 32.8 Å². The predicted molar refractivity (Wildman–Crippen MR) is 97.9 cm³/mol. The minimum absolute atomic E-state index is 0.148. The standard InChI is InChI=1S/C21H31FN2O/c22-18-7-5-17(6-8-18)13-24-14-19-20(15-24)21(19)16-25-12-4-11-23-9-2-1-3-10-23/h5-8,19-21H,1-4,9-16H2/t19-,20+,21+. The molecule has 1 aromatic carbocycles. The first-order valence-corrected chi connectivity index (χ1v) is 10.1. The van der Waals surface area contributed by atoms with Crippen LogP contribution in [0.5, 0.6) is 0 Å². The summed E-state index contributed by atoms with van der Waals surface area (Å²) < 4.78 is 18.9. The number of hydrogen-bond acceptors (Lipinski definition) is 3. The number of piperidine rings is 2. The fraction of sp³-hybridized carbons (Fsp3) is 0.714. The molecule has 3 atom stereocenters. The van der Waals surface area contributed by atoms with E-state index in [4.69, 9.17) is 4.74 Å². The normalized spacial score (nSPS) is 29.7. The molecule has 2 aliphatic heterocycles. The Morgan fingerprint density at radius 1 is 0.960 bits per heavy atom. The third kappa shape index (κ3) is 4.60. The summed E-state index contributed by atoms with van der Waals surface area (Å²) in [6, 6.07) is 6.93. The van der Waals surface area contributed by atoms with Crippen LogP contribution >= 0.6 is 0 Å². The SMILES string of the molecule is Fc1ccc(CN2C[C@@H]3[C@@H](COCCCN4CCCCC4)[C@@H]3C2)cc1. The number of fused-ring (bicyclic) bond motifs is 1. The van der Waals surface area contributed by atoms with E-state index in [1.807, 2.05) is 12.1 Å². The van der Waals surface area contributed by atoms with Crippen molar-refractivity contribution in [2.75, 3.05) is 45.9 Å². The molecule has 138 valence electrons. The highest BCUT2D eigenvalue weighted by Crippen LogP contribution is 2.51. The van der Waals surface area contributed by atoms with Gasteiger partial charge >= 0.3 is 0 Å². The summed E-state index contributed by atoms with van der Waals surface area (Å²) in [6.45, 7) is 8.99. The van der Waals surface area contributed by atoms with Crippen molar-refractivity contribution in [3.8, 4) is 0 Å². The second-order valence-electron chi connectivity index (χ2n) is 8.14. The molecular weight excluding hydrogens is 315 g/mol. The van der Waals surface area contributed by atoms with Crippen LogP contribution in [0, 0.1) is 23.6 Å². The number of likely N-dealkylation sites (tertiary alicyclic amines) is 2. The zero-order chi connectivity index (χ0) is 17.1. The molecule has 3 nitrogen and oxygen atoms in total. The van der Waals surface area contributed by atoms with Gasteiger partial charge in [0.1, 0.15) is 5.82 Å². The smallest absolute Gasteiger partial charge is 0.123 e. The summed E-state index contributed by atoms with van der Waals surface area (Å²) >= 11 is 0. The number of rotatable bonds is 8. The Morgan fingerprint density at radius 2 is 1.68 bits per heavy atom. The van der Waals surface area contributed by atoms with E-state index in [-0.39, 0.29) is 5.82 Å². The number of hydrogen-bond donors (Lipinski definition) is 0. The number of nitrogens with zero attached hydrogens (tertiary/aromatic N) is 2. The van der Waals surface area contributed by atoms with Crippen LogP contribution in [-0.4, -0.2) is 55.7 Å². The lowest BCUT2D eigenvalue weighted by Gasteiger charge is -2.26. The first-order valence-electron chi connectivity index (χ1n) is 10.1. The molecule has 0 spiro atoms. The number of ether oxygens (including phenoxy) is 1. The molecule has 4 heteroatoms. The molecule has 3 aliphatic rings. The van der Waals surface area contributed by atoms with E-state index in [1.54, 1.807) is 12.1 Å². The van der Waals surface area contributed by atoms with Crippen LogP contribution in [-0.2, 0) is 11.3 Å². The minimum Gasteiger partial charge on any atom is -0.381 e. The average Bonchev–Trinajstić information content (AvgIpc) is 3.09. The van der Waals surface area contributed by atoms with Gasteiger partial charge < -0.3 is 9.64 Å². The van der Waals surface area contributed by atoms with Gasteiger partial charge in [-0.15, -0.1) is 0 Å². The molecule has 2 saturated heterocycles. The quantitative estimate of drug-likeness (QED) is 0.671. The summed E-state index contributed by atoms with van der Waals surface area (Å²) in [5, 5.41) is 0. The van der Waals surface area contributed by atoms with E-state index in [0.29, 0.717) is 0 Å². The van der Waals surface area contributed by atoms with Gasteiger partial charge in [-0.1, -0.05) is 18.6 Å². The molecule has 1 aromatic rings. The molecular formula is C21H31FN2O. The van der Waals surface area contributed by atoms with E-state index in [1.165, 1.54) is 64.0 Å². The van der Waals surface area contributed by atoms with Crippen molar-refractivity contribution in [2.45, 2.75) is 32.2 Å². The molecule has 0 unspecified atom stereocenters. The van der Waals surface area contributed by atoms with Gasteiger partial charge in [-0.25, -0.2) is 4.39 Å². The van der Waals surface area contributed by atoms with Gasteiger partial charge in [-0.2, -0.15) is 0 Å². The Morgan fingerprint density at radius 3 is 2.40 bits per heavy atom. The maximum Gasteiger partial charge on any atom is 0.123 e. The van der Waals surface area contributed by atoms with Gasteiger partial charge in [0.05, 0.1) is 6.61 Å². The van der Waals surface area contributed by atoms with Crippen molar-refractivity contribution in [3.63, 3.8) is 0 Å². The highest BCUT2D eigenvalue weighted by Gasteiger charge is 2.55. The number of benzene rings is 1. The molecule has 0 N–H and O–H groups in total. The van der Waals surface area contributed by atoms with E-state index in [2.05, 4.69) is 9.80 Å². The van der Waals surface area contributed by atoms with E-state index < -0.39 is 0 Å². The first-order chi connectivity index (χ1) is 12.3. The van der Waals surface area contributed by atoms with Gasteiger partial charge in [0.25, 0.3) is 0 Å². The lowest BCUT2D eigenvalue weighted by Crippen LogP contribution is -2.31. The van der Waals surface area contributed by atoms with Crippen molar-refractivity contribution in [1.82, 2.24) is 9.80 Å². The van der Waals surface area contributed by atoms with Crippen molar-refractivity contribution in [2.24, 2.45) is 17.8 Å². The molecule has 0 aromatic heterocycles. The van der Waals surface area contributed by atoms with Gasteiger partial charge in [-0.3, -0.25) is 4.90 Å². The fourth-order valence-corrected chi connectivity index (χ4v) is 4.75. The van der Waals surface area contributed by atoms with Crippen molar-refractivity contribution in [3.05, 3.63) is 35.6 Å². The Labute approximate surface area is 151 Å². The van der Waals surface area contributed by atoms with Crippen LogP contribution in [0.15, 0.2) is 24.3 Å². The van der Waals surface area contributed by atoms with Crippen molar-refractivity contribution < 1.29 is 9.13 Å². The van der Waals surface area contributed by atoms with E-state index >= 15 is 0 Å². The zero-order valence-corrected chi connectivity index (χ0v) is 15.2. The largest absolute Gasteiger partial charge is 0.381 e. The molecule has 0 amide bonds. The number of halogens is 1. The summed E-state index contributed by atoms with van der Waals surface area (Å²) in [4.78, 5) is 5.10. The van der Waals surface area contributed by atoms with E-state index in [0.717, 1.165) is 37.5 Å². The third-order valence-corrected chi connectivity index (χ3v) is 6.29. The molecule has 0 bridgehead atoms.